The maximum atomic E-state index is 12.8. The predicted molar refractivity (Wildman–Crippen MR) is 125 cm³/mol. The summed E-state index contributed by atoms with van der Waals surface area (Å²) in [6, 6.07) is 10.0. The summed E-state index contributed by atoms with van der Waals surface area (Å²) in [6.07, 6.45) is 11.1. The zero-order valence-corrected chi connectivity index (χ0v) is 18.5. The van der Waals surface area contributed by atoms with Crippen LogP contribution in [0.1, 0.15) is 43.6 Å². The summed E-state index contributed by atoms with van der Waals surface area (Å²) in [5.41, 5.74) is 3.56. The summed E-state index contributed by atoms with van der Waals surface area (Å²) in [6.45, 7) is 3.81. The number of piperidine rings is 2. The highest BCUT2D eigenvalue weighted by atomic mass is 35.5. The molecule has 0 saturated carbocycles. The number of carbonyl (C=O) groups is 1. The Kier molecular flexibility index (Phi) is 5.97. The SMILES string of the molecule is O=C(CC1CCNCC1)N1CCC(c2cn(-c3ccc(Cl)cc3)c3cnccc23)CC1. The molecule has 1 aromatic carbocycles. The zero-order chi connectivity index (χ0) is 21.2. The number of hydrogen-bond donors (Lipinski definition) is 1. The van der Waals surface area contributed by atoms with Crippen LogP contribution < -0.4 is 5.32 Å². The second-order valence-electron chi connectivity index (χ2n) is 8.88. The number of nitrogens with zero attached hydrogens (tertiary/aromatic N) is 3. The minimum Gasteiger partial charge on any atom is -0.343 e. The first-order valence-corrected chi connectivity index (χ1v) is 11.8. The number of hydrogen-bond acceptors (Lipinski definition) is 3. The standard InChI is InChI=1S/C25H29ClN4O/c26-20-1-3-21(4-2-20)30-17-23(22-7-12-28-16-24(22)30)19-8-13-29(14-9-19)25(31)15-18-5-10-27-11-6-18/h1-4,7,12,16-19,27H,5-6,8-11,13-15H2. The lowest BCUT2D eigenvalue weighted by Crippen LogP contribution is -2.39. The van der Waals surface area contributed by atoms with Gasteiger partial charge >= 0.3 is 0 Å². The van der Waals surface area contributed by atoms with E-state index in [-0.39, 0.29) is 0 Å². The maximum absolute atomic E-state index is 12.8. The average molecular weight is 437 g/mol. The van der Waals surface area contributed by atoms with Crippen LogP contribution in [0.4, 0.5) is 0 Å². The van der Waals surface area contributed by atoms with Crippen LogP contribution in [-0.2, 0) is 4.79 Å². The molecule has 4 heterocycles. The third kappa shape index (κ3) is 4.35. The molecular weight excluding hydrogens is 408 g/mol. The van der Waals surface area contributed by atoms with Crippen molar-refractivity contribution in [2.45, 2.75) is 38.0 Å². The van der Waals surface area contributed by atoms with Crippen LogP contribution in [0.15, 0.2) is 48.9 Å². The van der Waals surface area contributed by atoms with Crippen molar-refractivity contribution in [3.63, 3.8) is 0 Å². The molecular formula is C25H29ClN4O. The molecule has 0 spiro atoms. The quantitative estimate of drug-likeness (QED) is 0.640. The van der Waals surface area contributed by atoms with Crippen LogP contribution in [0, 0.1) is 5.92 Å². The summed E-state index contributed by atoms with van der Waals surface area (Å²) in [4.78, 5) is 19.3. The molecule has 0 aliphatic carbocycles. The van der Waals surface area contributed by atoms with Gasteiger partial charge in [-0.05, 0) is 86.5 Å². The molecule has 2 aliphatic rings. The van der Waals surface area contributed by atoms with Crippen LogP contribution >= 0.6 is 11.6 Å². The molecule has 31 heavy (non-hydrogen) atoms. The molecule has 0 bridgehead atoms. The molecule has 2 aliphatic heterocycles. The van der Waals surface area contributed by atoms with Gasteiger partial charge < -0.3 is 14.8 Å². The molecule has 162 valence electrons. The van der Waals surface area contributed by atoms with E-state index in [0.717, 1.165) is 68.1 Å². The van der Waals surface area contributed by atoms with Crippen LogP contribution in [-0.4, -0.2) is 46.5 Å². The normalized spacial score (nSPS) is 18.5. The van der Waals surface area contributed by atoms with Gasteiger partial charge in [-0.2, -0.15) is 0 Å². The number of amides is 1. The molecule has 1 amide bonds. The fraction of sp³-hybridized carbons (Fsp3) is 0.440. The van der Waals surface area contributed by atoms with Gasteiger partial charge in [0.1, 0.15) is 0 Å². The van der Waals surface area contributed by atoms with E-state index in [1.165, 1.54) is 10.9 Å². The van der Waals surface area contributed by atoms with Gasteiger partial charge in [-0.1, -0.05) is 11.6 Å². The Morgan fingerprint density at radius 3 is 2.55 bits per heavy atom. The van der Waals surface area contributed by atoms with E-state index in [2.05, 4.69) is 32.0 Å². The van der Waals surface area contributed by atoms with E-state index in [4.69, 9.17) is 11.6 Å². The van der Waals surface area contributed by atoms with Gasteiger partial charge in [0.25, 0.3) is 0 Å². The Labute approximate surface area is 188 Å². The maximum Gasteiger partial charge on any atom is 0.222 e. The number of likely N-dealkylation sites (tertiary alicyclic amines) is 1. The van der Waals surface area contributed by atoms with Crippen LogP contribution in [0.25, 0.3) is 16.6 Å². The van der Waals surface area contributed by atoms with E-state index in [9.17, 15) is 4.79 Å². The number of aromatic nitrogens is 2. The Bertz CT molecular complexity index is 1050. The molecule has 2 saturated heterocycles. The van der Waals surface area contributed by atoms with Gasteiger partial charge in [0.05, 0.1) is 11.7 Å². The van der Waals surface area contributed by atoms with Crippen LogP contribution in [0.3, 0.4) is 0 Å². The number of carbonyl (C=O) groups excluding carboxylic acids is 1. The van der Waals surface area contributed by atoms with Gasteiger partial charge in [-0.25, -0.2) is 0 Å². The first-order chi connectivity index (χ1) is 15.2. The Balaban J connectivity index is 1.32. The highest BCUT2D eigenvalue weighted by Gasteiger charge is 2.28. The number of halogens is 1. The highest BCUT2D eigenvalue weighted by Crippen LogP contribution is 2.36. The second-order valence-corrected chi connectivity index (χ2v) is 9.31. The molecule has 5 nitrogen and oxygen atoms in total. The van der Waals surface area contributed by atoms with Crippen molar-refractivity contribution in [1.29, 1.82) is 0 Å². The van der Waals surface area contributed by atoms with Gasteiger partial charge in [0.2, 0.25) is 5.91 Å². The number of pyridine rings is 1. The molecule has 0 radical (unpaired) electrons. The van der Waals surface area contributed by atoms with E-state index in [0.29, 0.717) is 24.2 Å². The monoisotopic (exact) mass is 436 g/mol. The lowest BCUT2D eigenvalue weighted by molar-refractivity contribution is -0.133. The first kappa shape index (κ1) is 20.5. The fourth-order valence-electron chi connectivity index (χ4n) is 5.14. The molecule has 2 fully saturated rings. The average Bonchev–Trinajstić information content (AvgIpc) is 3.20. The minimum atomic E-state index is 0.346. The van der Waals surface area contributed by atoms with E-state index in [1.807, 2.05) is 36.7 Å². The van der Waals surface area contributed by atoms with Crippen molar-refractivity contribution in [3.8, 4) is 5.69 Å². The molecule has 6 heteroatoms. The third-order valence-electron chi connectivity index (χ3n) is 6.95. The first-order valence-electron chi connectivity index (χ1n) is 11.4. The van der Waals surface area contributed by atoms with Crippen LogP contribution in [0.5, 0.6) is 0 Å². The summed E-state index contributed by atoms with van der Waals surface area (Å²) in [7, 11) is 0. The van der Waals surface area contributed by atoms with E-state index >= 15 is 0 Å². The van der Waals surface area contributed by atoms with Crippen molar-refractivity contribution < 1.29 is 4.79 Å². The Morgan fingerprint density at radius 1 is 1.06 bits per heavy atom. The van der Waals surface area contributed by atoms with E-state index < -0.39 is 0 Å². The summed E-state index contributed by atoms with van der Waals surface area (Å²) < 4.78 is 2.21. The van der Waals surface area contributed by atoms with Crippen molar-refractivity contribution >= 4 is 28.4 Å². The van der Waals surface area contributed by atoms with Gasteiger partial charge in [-0.3, -0.25) is 9.78 Å². The molecule has 0 atom stereocenters. The topological polar surface area (TPSA) is 50.2 Å². The highest BCUT2D eigenvalue weighted by molar-refractivity contribution is 6.30. The second kappa shape index (κ2) is 9.01. The van der Waals surface area contributed by atoms with Crippen molar-refractivity contribution in [2.75, 3.05) is 26.2 Å². The van der Waals surface area contributed by atoms with Crippen molar-refractivity contribution in [1.82, 2.24) is 19.8 Å². The van der Waals surface area contributed by atoms with Gasteiger partial charge in [0.15, 0.2) is 0 Å². The fourth-order valence-corrected chi connectivity index (χ4v) is 5.27. The molecule has 0 unspecified atom stereocenters. The Hall–Kier alpha value is -2.37. The van der Waals surface area contributed by atoms with Crippen molar-refractivity contribution in [3.05, 3.63) is 59.5 Å². The van der Waals surface area contributed by atoms with Crippen LogP contribution in [0.2, 0.25) is 5.02 Å². The molecule has 2 aromatic heterocycles. The van der Waals surface area contributed by atoms with E-state index in [1.54, 1.807) is 0 Å². The predicted octanol–water partition coefficient (Wildman–Crippen LogP) is 4.77. The molecule has 5 rings (SSSR count). The number of fused-ring (bicyclic) bond motifs is 1. The number of nitrogens with one attached hydrogen (secondary N) is 1. The zero-order valence-electron chi connectivity index (χ0n) is 17.8. The summed E-state index contributed by atoms with van der Waals surface area (Å²) in [5, 5.41) is 5.37. The number of benzene rings is 1. The Morgan fingerprint density at radius 2 is 1.81 bits per heavy atom. The molecule has 1 N–H and O–H groups in total. The smallest absolute Gasteiger partial charge is 0.222 e. The molecule has 3 aromatic rings. The van der Waals surface area contributed by atoms with Crippen molar-refractivity contribution in [2.24, 2.45) is 5.92 Å². The lowest BCUT2D eigenvalue weighted by atomic mass is 9.88. The number of rotatable bonds is 4. The lowest BCUT2D eigenvalue weighted by Gasteiger charge is -2.33. The summed E-state index contributed by atoms with van der Waals surface area (Å²) in [5.74, 6) is 1.36. The van der Waals surface area contributed by atoms with Gasteiger partial charge in [-0.15, -0.1) is 0 Å². The van der Waals surface area contributed by atoms with Gasteiger partial charge in [0, 0.05) is 48.0 Å². The third-order valence-corrected chi connectivity index (χ3v) is 7.21. The minimum absolute atomic E-state index is 0.346. The summed E-state index contributed by atoms with van der Waals surface area (Å²) >= 11 is 6.09. The largest absolute Gasteiger partial charge is 0.343 e.